The van der Waals surface area contributed by atoms with E-state index in [-0.39, 0.29) is 17.7 Å². The number of nitriles is 1. The van der Waals surface area contributed by atoms with Crippen LogP contribution in [0.5, 0.6) is 11.5 Å². The van der Waals surface area contributed by atoms with E-state index in [1.54, 1.807) is 6.07 Å². The Morgan fingerprint density at radius 3 is 2.50 bits per heavy atom. The minimum Gasteiger partial charge on any atom is -0.508 e. The zero-order valence-corrected chi connectivity index (χ0v) is 6.08. The van der Waals surface area contributed by atoms with Crippen molar-refractivity contribution in [2.24, 2.45) is 0 Å². The van der Waals surface area contributed by atoms with E-state index >= 15 is 0 Å². The molecule has 0 radical (unpaired) electrons. The van der Waals surface area contributed by atoms with E-state index in [2.05, 4.69) is 0 Å². The van der Waals surface area contributed by atoms with Crippen LogP contribution in [0.2, 0.25) is 0 Å². The molecule has 0 heterocycles. The molecule has 0 fully saturated rings. The first kappa shape index (κ1) is 8.34. The van der Waals surface area contributed by atoms with E-state index in [1.807, 2.05) is 0 Å². The van der Waals surface area contributed by atoms with Crippen molar-refractivity contribution in [2.45, 2.75) is 6.42 Å². The van der Waals surface area contributed by atoms with Gasteiger partial charge in [-0.2, -0.15) is 5.26 Å². The second-order valence-electron chi connectivity index (χ2n) is 2.23. The van der Waals surface area contributed by atoms with Crippen LogP contribution in [0.25, 0.3) is 0 Å². The van der Waals surface area contributed by atoms with Gasteiger partial charge in [-0.25, -0.2) is 4.39 Å². The summed E-state index contributed by atoms with van der Waals surface area (Å²) in [5.74, 6) is -1.80. The Morgan fingerprint density at radius 2 is 1.92 bits per heavy atom. The Kier molecular flexibility index (Phi) is 2.15. The van der Waals surface area contributed by atoms with Gasteiger partial charge in [-0.1, -0.05) is 0 Å². The zero-order chi connectivity index (χ0) is 9.14. The number of nitrogens with zero attached hydrogens (tertiary/aromatic N) is 1. The van der Waals surface area contributed by atoms with Crippen LogP contribution in [0, 0.1) is 17.1 Å². The highest BCUT2D eigenvalue weighted by Crippen LogP contribution is 2.27. The van der Waals surface area contributed by atoms with Crippen molar-refractivity contribution in [1.29, 1.82) is 5.26 Å². The molecular formula is C8H6FNO2. The first-order valence-corrected chi connectivity index (χ1v) is 3.23. The number of phenolic OH excluding ortho intramolecular Hbond substituents is 2. The Bertz CT molecular complexity index is 344. The predicted octanol–water partition coefficient (Wildman–Crippen LogP) is 1.30. The monoisotopic (exact) mass is 167 g/mol. The van der Waals surface area contributed by atoms with Crippen LogP contribution in [-0.4, -0.2) is 10.2 Å². The molecule has 0 atom stereocenters. The minimum absolute atomic E-state index is 0.169. The van der Waals surface area contributed by atoms with Gasteiger partial charge in [0.1, 0.15) is 5.75 Å². The van der Waals surface area contributed by atoms with Crippen LogP contribution < -0.4 is 0 Å². The molecule has 0 amide bonds. The lowest BCUT2D eigenvalue weighted by molar-refractivity contribution is 0.415. The second kappa shape index (κ2) is 3.09. The minimum atomic E-state index is -0.934. The van der Waals surface area contributed by atoms with E-state index in [4.69, 9.17) is 15.5 Å². The Hall–Kier alpha value is -1.76. The fourth-order valence-electron chi connectivity index (χ4n) is 0.846. The maximum Gasteiger partial charge on any atom is 0.172 e. The van der Waals surface area contributed by atoms with Crippen molar-refractivity contribution in [1.82, 2.24) is 0 Å². The Morgan fingerprint density at radius 1 is 1.33 bits per heavy atom. The van der Waals surface area contributed by atoms with Gasteiger partial charge in [-0.3, -0.25) is 0 Å². The lowest BCUT2D eigenvalue weighted by atomic mass is 10.1. The molecule has 0 spiro atoms. The van der Waals surface area contributed by atoms with E-state index in [9.17, 15) is 4.39 Å². The van der Waals surface area contributed by atoms with Gasteiger partial charge >= 0.3 is 0 Å². The van der Waals surface area contributed by atoms with Crippen LogP contribution in [-0.2, 0) is 6.42 Å². The smallest absolute Gasteiger partial charge is 0.172 e. The van der Waals surface area contributed by atoms with E-state index in [1.165, 1.54) is 0 Å². The van der Waals surface area contributed by atoms with Crippen LogP contribution in [0.4, 0.5) is 4.39 Å². The van der Waals surface area contributed by atoms with Gasteiger partial charge < -0.3 is 10.2 Å². The van der Waals surface area contributed by atoms with E-state index in [0.717, 1.165) is 12.1 Å². The molecule has 3 nitrogen and oxygen atoms in total. The third kappa shape index (κ3) is 1.30. The molecule has 0 bridgehead atoms. The average Bonchev–Trinajstić information content (AvgIpc) is 2.06. The van der Waals surface area contributed by atoms with Crippen molar-refractivity contribution < 1.29 is 14.6 Å². The molecule has 0 saturated heterocycles. The van der Waals surface area contributed by atoms with Gasteiger partial charge in [0.2, 0.25) is 0 Å². The van der Waals surface area contributed by atoms with Gasteiger partial charge in [-0.15, -0.1) is 0 Å². The summed E-state index contributed by atoms with van der Waals surface area (Å²) >= 11 is 0. The highest BCUT2D eigenvalue weighted by molar-refractivity contribution is 5.41. The number of halogens is 1. The third-order valence-corrected chi connectivity index (χ3v) is 1.45. The fraction of sp³-hybridized carbons (Fsp3) is 0.125. The van der Waals surface area contributed by atoms with Crippen molar-refractivity contribution in [3.05, 3.63) is 23.5 Å². The van der Waals surface area contributed by atoms with Crippen LogP contribution in [0.3, 0.4) is 0 Å². The molecule has 0 unspecified atom stereocenters. The molecule has 1 aromatic carbocycles. The number of aromatic hydroxyl groups is 2. The first-order valence-electron chi connectivity index (χ1n) is 3.23. The van der Waals surface area contributed by atoms with Crippen molar-refractivity contribution >= 4 is 0 Å². The number of hydrogen-bond acceptors (Lipinski definition) is 3. The standard InChI is InChI=1S/C8H6FNO2/c9-8-5(3-4-10)6(11)1-2-7(8)12/h1-2,11-12H,3H2. The molecule has 0 saturated carbocycles. The van der Waals surface area contributed by atoms with Crippen molar-refractivity contribution in [3.8, 4) is 17.6 Å². The second-order valence-corrected chi connectivity index (χ2v) is 2.23. The molecule has 4 heteroatoms. The van der Waals surface area contributed by atoms with Crippen LogP contribution >= 0.6 is 0 Å². The fourth-order valence-corrected chi connectivity index (χ4v) is 0.846. The zero-order valence-electron chi connectivity index (χ0n) is 6.08. The van der Waals surface area contributed by atoms with Gasteiger partial charge in [-0.05, 0) is 12.1 Å². The van der Waals surface area contributed by atoms with E-state index in [0.29, 0.717) is 0 Å². The number of phenols is 2. The van der Waals surface area contributed by atoms with Crippen LogP contribution in [0.15, 0.2) is 12.1 Å². The summed E-state index contributed by atoms with van der Waals surface area (Å²) in [7, 11) is 0. The van der Waals surface area contributed by atoms with Crippen molar-refractivity contribution in [3.63, 3.8) is 0 Å². The molecule has 12 heavy (non-hydrogen) atoms. The molecule has 0 aliphatic heterocycles. The maximum atomic E-state index is 12.9. The van der Waals surface area contributed by atoms with Crippen molar-refractivity contribution in [2.75, 3.05) is 0 Å². The predicted molar refractivity (Wildman–Crippen MR) is 39.0 cm³/mol. The molecule has 1 aromatic rings. The number of rotatable bonds is 1. The number of hydrogen-bond donors (Lipinski definition) is 2. The quantitative estimate of drug-likeness (QED) is 0.619. The van der Waals surface area contributed by atoms with Crippen LogP contribution in [0.1, 0.15) is 5.56 Å². The first-order chi connectivity index (χ1) is 5.66. The highest BCUT2D eigenvalue weighted by Gasteiger charge is 2.11. The Balaban J connectivity index is 3.25. The topological polar surface area (TPSA) is 64.2 Å². The van der Waals surface area contributed by atoms with Gasteiger partial charge in [0, 0.05) is 5.56 Å². The molecule has 0 aliphatic rings. The Labute approximate surface area is 68.3 Å². The van der Waals surface area contributed by atoms with Gasteiger partial charge in [0.15, 0.2) is 11.6 Å². The van der Waals surface area contributed by atoms with Gasteiger partial charge in [0.25, 0.3) is 0 Å². The third-order valence-electron chi connectivity index (χ3n) is 1.45. The lowest BCUT2D eigenvalue weighted by Gasteiger charge is -2.02. The summed E-state index contributed by atoms with van der Waals surface area (Å²) in [6.07, 6.45) is -0.258. The highest BCUT2D eigenvalue weighted by atomic mass is 19.1. The number of benzene rings is 1. The largest absolute Gasteiger partial charge is 0.508 e. The van der Waals surface area contributed by atoms with E-state index < -0.39 is 11.6 Å². The van der Waals surface area contributed by atoms with Gasteiger partial charge in [0.05, 0.1) is 12.5 Å². The molecule has 0 aliphatic carbocycles. The molecule has 1 rings (SSSR count). The summed E-state index contributed by atoms with van der Waals surface area (Å²) in [4.78, 5) is 0. The molecular weight excluding hydrogens is 161 g/mol. The average molecular weight is 167 g/mol. The summed E-state index contributed by atoms with van der Waals surface area (Å²) in [6.45, 7) is 0. The summed E-state index contributed by atoms with van der Waals surface area (Å²) < 4.78 is 12.9. The lowest BCUT2D eigenvalue weighted by Crippen LogP contribution is -1.89. The summed E-state index contributed by atoms with van der Waals surface area (Å²) in [5, 5.41) is 26.2. The SMILES string of the molecule is N#CCc1c(O)ccc(O)c1F. The summed E-state index contributed by atoms with van der Waals surface area (Å²) in [5.41, 5.74) is -0.169. The normalized spacial score (nSPS) is 9.33. The molecule has 0 aromatic heterocycles. The molecule has 62 valence electrons. The summed E-state index contributed by atoms with van der Waals surface area (Å²) in [6, 6.07) is 3.86. The molecule has 2 N–H and O–H groups in total. The maximum absolute atomic E-state index is 12.9.